The maximum atomic E-state index is 2.43. The van der Waals surface area contributed by atoms with Gasteiger partial charge in [0.15, 0.2) is 0 Å². The zero-order chi connectivity index (χ0) is 39.8. The van der Waals surface area contributed by atoms with Gasteiger partial charge in [0, 0.05) is 33.2 Å². The second-order valence-electron chi connectivity index (χ2n) is 15.3. The molecule has 11 rings (SSSR count). The molecule has 0 atom stereocenters. The van der Waals surface area contributed by atoms with Gasteiger partial charge in [0.1, 0.15) is 0 Å². The van der Waals surface area contributed by atoms with E-state index in [2.05, 4.69) is 252 Å². The Morgan fingerprint density at radius 3 is 1.50 bits per heavy atom. The molecule has 2 nitrogen and oxygen atoms in total. The highest BCUT2D eigenvalue weighted by Gasteiger charge is 2.21. The van der Waals surface area contributed by atoms with Crippen LogP contribution in [-0.2, 0) is 0 Å². The Kier molecular flexibility index (Phi) is 8.87. The van der Waals surface area contributed by atoms with E-state index in [0.717, 1.165) is 22.6 Å². The highest BCUT2D eigenvalue weighted by Crippen LogP contribution is 2.45. The molecule has 2 heteroatoms. The van der Waals surface area contributed by atoms with Crippen molar-refractivity contribution in [2.45, 2.75) is 0 Å². The highest BCUT2D eigenvalue weighted by molar-refractivity contribution is 6.09. The first-order valence-corrected chi connectivity index (χ1v) is 20.6. The predicted molar refractivity (Wildman–Crippen MR) is 255 cm³/mol. The van der Waals surface area contributed by atoms with Crippen LogP contribution < -0.4 is 4.90 Å². The second kappa shape index (κ2) is 15.1. The van der Waals surface area contributed by atoms with Crippen molar-refractivity contribution in [2.24, 2.45) is 0 Å². The average Bonchev–Trinajstić information content (AvgIpc) is 3.66. The molecule has 0 bridgehead atoms. The van der Waals surface area contributed by atoms with E-state index in [-0.39, 0.29) is 0 Å². The van der Waals surface area contributed by atoms with E-state index in [4.69, 9.17) is 0 Å². The third kappa shape index (κ3) is 6.23. The fourth-order valence-corrected chi connectivity index (χ4v) is 8.97. The second-order valence-corrected chi connectivity index (χ2v) is 15.3. The number of nitrogens with zero attached hydrogens (tertiary/aromatic N) is 2. The summed E-state index contributed by atoms with van der Waals surface area (Å²) in [5.41, 5.74) is 16.3. The summed E-state index contributed by atoms with van der Waals surface area (Å²) in [4.78, 5) is 2.43. The van der Waals surface area contributed by atoms with E-state index in [1.54, 1.807) is 0 Å². The third-order valence-electron chi connectivity index (χ3n) is 11.8. The Hall–Kier alpha value is -7.94. The van der Waals surface area contributed by atoms with E-state index in [1.165, 1.54) is 77.2 Å². The number of para-hydroxylation sites is 5. The van der Waals surface area contributed by atoms with Crippen LogP contribution in [0.15, 0.2) is 243 Å². The number of anilines is 3. The topological polar surface area (TPSA) is 8.17 Å². The fourth-order valence-electron chi connectivity index (χ4n) is 8.97. The van der Waals surface area contributed by atoms with Gasteiger partial charge in [0.25, 0.3) is 0 Å². The first-order chi connectivity index (χ1) is 29.8. The van der Waals surface area contributed by atoms with Gasteiger partial charge >= 0.3 is 0 Å². The summed E-state index contributed by atoms with van der Waals surface area (Å²) in [5.74, 6) is 0. The van der Waals surface area contributed by atoms with E-state index < -0.39 is 0 Å². The van der Waals surface area contributed by atoms with Crippen molar-refractivity contribution in [3.8, 4) is 50.2 Å². The van der Waals surface area contributed by atoms with E-state index >= 15 is 0 Å². The standard InChI is InChI=1S/C58H40N2/c1-2-18-43(19-3-1)49-23-6-11-28-54(49)59(55-29-12-7-25-51(55)47-34-33-41-17-4-5-20-44(41)40-47)48-37-35-42(36-38-48)45-21-16-22-46(39-45)50-24-8-13-30-56(50)60-57-31-14-9-26-52(57)53-27-10-15-32-58(53)60/h1-40H. The monoisotopic (exact) mass is 764 g/mol. The van der Waals surface area contributed by atoms with Crippen LogP contribution in [0.1, 0.15) is 0 Å². The SMILES string of the molecule is c1ccc(-c2ccccc2N(c2ccc(-c3cccc(-c4ccccc4-n4c5ccccc5c5ccccc54)c3)cc2)c2ccccc2-c2ccc3ccccc3c2)cc1. The van der Waals surface area contributed by atoms with Crippen molar-refractivity contribution in [1.29, 1.82) is 0 Å². The number of hydrogen-bond donors (Lipinski definition) is 0. The van der Waals surface area contributed by atoms with Crippen LogP contribution in [0, 0.1) is 0 Å². The Morgan fingerprint density at radius 2 is 0.783 bits per heavy atom. The molecule has 0 N–H and O–H groups in total. The lowest BCUT2D eigenvalue weighted by molar-refractivity contribution is 1.18. The van der Waals surface area contributed by atoms with Crippen LogP contribution in [0.3, 0.4) is 0 Å². The molecule has 0 amide bonds. The lowest BCUT2D eigenvalue weighted by Gasteiger charge is -2.30. The molecule has 0 saturated carbocycles. The molecule has 1 heterocycles. The molecular weight excluding hydrogens is 725 g/mol. The summed E-state index contributed by atoms with van der Waals surface area (Å²) < 4.78 is 2.42. The summed E-state index contributed by atoms with van der Waals surface area (Å²) in [6.45, 7) is 0. The summed E-state index contributed by atoms with van der Waals surface area (Å²) >= 11 is 0. The summed E-state index contributed by atoms with van der Waals surface area (Å²) in [5, 5.41) is 4.99. The van der Waals surface area contributed by atoms with Crippen molar-refractivity contribution in [2.75, 3.05) is 4.90 Å². The number of benzene rings is 10. The van der Waals surface area contributed by atoms with Crippen molar-refractivity contribution in [3.63, 3.8) is 0 Å². The quantitative estimate of drug-likeness (QED) is 0.150. The van der Waals surface area contributed by atoms with Crippen molar-refractivity contribution in [3.05, 3.63) is 243 Å². The minimum atomic E-state index is 1.09. The maximum absolute atomic E-state index is 2.43. The Bertz CT molecular complexity index is 3270. The molecule has 0 saturated heterocycles. The van der Waals surface area contributed by atoms with Crippen LogP contribution in [0.2, 0.25) is 0 Å². The Labute approximate surface area is 350 Å². The molecule has 1 aromatic heterocycles. The number of fused-ring (bicyclic) bond motifs is 4. The highest BCUT2D eigenvalue weighted by atomic mass is 15.1. The van der Waals surface area contributed by atoms with Crippen molar-refractivity contribution >= 4 is 49.6 Å². The summed E-state index contributed by atoms with van der Waals surface area (Å²) in [6, 6.07) is 87.9. The minimum absolute atomic E-state index is 1.09. The zero-order valence-corrected chi connectivity index (χ0v) is 33.0. The molecule has 0 aliphatic carbocycles. The van der Waals surface area contributed by atoms with Gasteiger partial charge in [-0.1, -0.05) is 188 Å². The third-order valence-corrected chi connectivity index (χ3v) is 11.8. The van der Waals surface area contributed by atoms with Crippen LogP contribution in [0.25, 0.3) is 82.8 Å². The van der Waals surface area contributed by atoms with E-state index in [9.17, 15) is 0 Å². The maximum Gasteiger partial charge on any atom is 0.0541 e. The number of aromatic nitrogens is 1. The number of hydrogen-bond acceptors (Lipinski definition) is 1. The van der Waals surface area contributed by atoms with Crippen molar-refractivity contribution in [1.82, 2.24) is 4.57 Å². The van der Waals surface area contributed by atoms with E-state index in [0.29, 0.717) is 0 Å². The van der Waals surface area contributed by atoms with Gasteiger partial charge in [-0.15, -0.1) is 0 Å². The van der Waals surface area contributed by atoms with Gasteiger partial charge in [0.05, 0.1) is 28.1 Å². The first-order valence-electron chi connectivity index (χ1n) is 20.6. The molecule has 11 aromatic rings. The van der Waals surface area contributed by atoms with Crippen LogP contribution in [0.4, 0.5) is 17.1 Å². The van der Waals surface area contributed by atoms with Gasteiger partial charge in [-0.25, -0.2) is 0 Å². The zero-order valence-electron chi connectivity index (χ0n) is 33.0. The Balaban J connectivity index is 1.02. The normalized spacial score (nSPS) is 11.3. The van der Waals surface area contributed by atoms with Gasteiger partial charge in [-0.05, 0) is 93.2 Å². The molecule has 0 aliphatic heterocycles. The minimum Gasteiger partial charge on any atom is -0.309 e. The summed E-state index contributed by atoms with van der Waals surface area (Å²) in [6.07, 6.45) is 0. The molecule has 0 radical (unpaired) electrons. The molecule has 0 fully saturated rings. The largest absolute Gasteiger partial charge is 0.309 e. The van der Waals surface area contributed by atoms with Gasteiger partial charge in [-0.2, -0.15) is 0 Å². The molecule has 60 heavy (non-hydrogen) atoms. The lowest BCUT2D eigenvalue weighted by atomic mass is 9.96. The average molecular weight is 765 g/mol. The van der Waals surface area contributed by atoms with Gasteiger partial charge in [-0.3, -0.25) is 0 Å². The molecule has 0 aliphatic rings. The predicted octanol–water partition coefficient (Wildman–Crippen LogP) is 16.1. The van der Waals surface area contributed by atoms with E-state index in [1.807, 2.05) is 0 Å². The molecule has 10 aromatic carbocycles. The first kappa shape index (κ1) is 35.2. The van der Waals surface area contributed by atoms with Crippen molar-refractivity contribution < 1.29 is 0 Å². The number of rotatable bonds is 8. The van der Waals surface area contributed by atoms with Crippen LogP contribution >= 0.6 is 0 Å². The van der Waals surface area contributed by atoms with Crippen LogP contribution in [-0.4, -0.2) is 4.57 Å². The fraction of sp³-hybridized carbons (Fsp3) is 0. The van der Waals surface area contributed by atoms with Crippen LogP contribution in [0.5, 0.6) is 0 Å². The molecular formula is C58H40N2. The smallest absolute Gasteiger partial charge is 0.0541 e. The van der Waals surface area contributed by atoms with Gasteiger partial charge < -0.3 is 9.47 Å². The molecule has 0 unspecified atom stereocenters. The molecule has 282 valence electrons. The Morgan fingerprint density at radius 1 is 0.283 bits per heavy atom. The lowest BCUT2D eigenvalue weighted by Crippen LogP contribution is -2.12. The molecule has 0 spiro atoms. The van der Waals surface area contributed by atoms with Gasteiger partial charge in [0.2, 0.25) is 0 Å². The summed E-state index contributed by atoms with van der Waals surface area (Å²) in [7, 11) is 0.